The third-order valence-corrected chi connectivity index (χ3v) is 5.15. The monoisotopic (exact) mass is 402 g/mol. The fraction of sp³-hybridized carbons (Fsp3) is 0.700. The van der Waals surface area contributed by atoms with Crippen LogP contribution in [0.4, 0.5) is 0 Å². The predicted octanol–water partition coefficient (Wildman–Crippen LogP) is 6.32. The van der Waals surface area contributed by atoms with E-state index < -0.39 is 7.82 Å². The number of rotatable bonds is 18. The fourth-order valence-electron chi connectivity index (χ4n) is 2.41. The Morgan fingerprint density at radius 3 is 2.07 bits per heavy atom. The van der Waals surface area contributed by atoms with Gasteiger partial charge in [-0.15, -0.1) is 0 Å². The molecule has 0 aliphatic rings. The van der Waals surface area contributed by atoms with Crippen molar-refractivity contribution >= 4 is 7.82 Å². The summed E-state index contributed by atoms with van der Waals surface area (Å²) in [5.74, 6) is 0.432. The topological polar surface area (TPSA) is 63.2 Å². The van der Waals surface area contributed by atoms with Gasteiger partial charge in [0.05, 0.1) is 19.8 Å². The average molecular weight is 402 g/mol. The summed E-state index contributed by atoms with van der Waals surface area (Å²) in [6.45, 7) is 5.40. The van der Waals surface area contributed by atoms with Gasteiger partial charge in [-0.1, -0.05) is 74.7 Å². The Bertz CT molecular complexity index is 497. The average Bonchev–Trinajstić information content (AvgIpc) is 2.69. The molecule has 7 heteroatoms. The van der Waals surface area contributed by atoms with E-state index in [4.69, 9.17) is 23.3 Å². The molecule has 0 saturated heterocycles. The maximum absolute atomic E-state index is 12.7. The van der Waals surface area contributed by atoms with Gasteiger partial charge in [0.2, 0.25) is 0 Å². The molecule has 0 aromatic heterocycles. The van der Waals surface area contributed by atoms with Gasteiger partial charge in [0.15, 0.2) is 5.75 Å². The summed E-state index contributed by atoms with van der Waals surface area (Å²) in [5, 5.41) is 0. The lowest BCUT2D eigenvalue weighted by molar-refractivity contribution is -0.133. The van der Waals surface area contributed by atoms with E-state index in [-0.39, 0.29) is 6.61 Å². The van der Waals surface area contributed by atoms with Crippen molar-refractivity contribution in [1.82, 2.24) is 0 Å². The minimum atomic E-state index is -3.80. The second-order valence-electron chi connectivity index (χ2n) is 6.26. The molecule has 0 N–H and O–H groups in total. The van der Waals surface area contributed by atoms with Crippen molar-refractivity contribution in [3.8, 4) is 5.75 Å². The number of phosphoric ester groups is 1. The van der Waals surface area contributed by atoms with Crippen molar-refractivity contribution in [2.24, 2.45) is 0 Å². The molecule has 0 aliphatic heterocycles. The number of para-hydroxylation sites is 1. The second-order valence-corrected chi connectivity index (χ2v) is 7.82. The molecule has 0 heterocycles. The van der Waals surface area contributed by atoms with Crippen LogP contribution in [0.5, 0.6) is 5.75 Å². The van der Waals surface area contributed by atoms with Crippen LogP contribution in [0.2, 0.25) is 0 Å². The molecule has 1 aromatic carbocycles. The summed E-state index contributed by atoms with van der Waals surface area (Å²) in [6, 6.07) is 8.83. The molecule has 0 amide bonds. The molecule has 0 bridgehead atoms. The molecule has 1 aromatic rings. The standard InChI is InChI=1S/C20H35O6P/c1-3-5-6-7-8-9-10-14-17-23-27(21,24-19-18-22-4-2)26-25-20-15-12-11-13-16-20/h11-13,15-16H,3-10,14,17-19H2,1-2H3. The predicted molar refractivity (Wildman–Crippen MR) is 107 cm³/mol. The number of ether oxygens (including phenoxy) is 1. The Labute approximate surface area is 164 Å². The third kappa shape index (κ3) is 13.0. The second kappa shape index (κ2) is 16.1. The zero-order valence-corrected chi connectivity index (χ0v) is 17.7. The van der Waals surface area contributed by atoms with Gasteiger partial charge in [-0.3, -0.25) is 9.05 Å². The van der Waals surface area contributed by atoms with Crippen LogP contribution in [0.1, 0.15) is 65.2 Å². The van der Waals surface area contributed by atoms with Crippen LogP contribution in [0.3, 0.4) is 0 Å². The summed E-state index contributed by atoms with van der Waals surface area (Å²) < 4.78 is 33.6. The lowest BCUT2D eigenvalue weighted by Crippen LogP contribution is -2.08. The van der Waals surface area contributed by atoms with Crippen LogP contribution in [0, 0.1) is 0 Å². The van der Waals surface area contributed by atoms with E-state index in [1.807, 2.05) is 13.0 Å². The van der Waals surface area contributed by atoms with E-state index in [1.54, 1.807) is 24.3 Å². The highest BCUT2D eigenvalue weighted by Gasteiger charge is 2.29. The van der Waals surface area contributed by atoms with Crippen LogP contribution in [0.25, 0.3) is 0 Å². The summed E-state index contributed by atoms with van der Waals surface area (Å²) in [5.41, 5.74) is 0. The van der Waals surface area contributed by atoms with Crippen molar-refractivity contribution in [2.75, 3.05) is 26.4 Å². The quantitative estimate of drug-likeness (QED) is 0.124. The van der Waals surface area contributed by atoms with E-state index in [0.29, 0.717) is 25.6 Å². The number of hydrogen-bond donors (Lipinski definition) is 0. The zero-order valence-electron chi connectivity index (χ0n) is 16.8. The maximum Gasteiger partial charge on any atom is 0.511 e. The van der Waals surface area contributed by atoms with Gasteiger partial charge in [-0.2, -0.15) is 0 Å². The highest BCUT2D eigenvalue weighted by Crippen LogP contribution is 2.49. The molecule has 0 aliphatic carbocycles. The summed E-state index contributed by atoms with van der Waals surface area (Å²) in [7, 11) is -3.80. The Hall–Kier alpha value is -0.910. The van der Waals surface area contributed by atoms with E-state index in [0.717, 1.165) is 19.3 Å². The van der Waals surface area contributed by atoms with Crippen LogP contribution >= 0.6 is 7.82 Å². The van der Waals surface area contributed by atoms with E-state index >= 15 is 0 Å². The first kappa shape index (κ1) is 24.1. The molecule has 0 radical (unpaired) electrons. The van der Waals surface area contributed by atoms with Crippen molar-refractivity contribution in [2.45, 2.75) is 65.2 Å². The minimum absolute atomic E-state index is 0.112. The first-order valence-electron chi connectivity index (χ1n) is 10.1. The molecular formula is C20H35O6P. The van der Waals surface area contributed by atoms with Crippen molar-refractivity contribution in [1.29, 1.82) is 0 Å². The normalized spacial score (nSPS) is 13.4. The molecule has 1 atom stereocenters. The van der Waals surface area contributed by atoms with Crippen molar-refractivity contribution in [3.63, 3.8) is 0 Å². The van der Waals surface area contributed by atoms with Crippen LogP contribution in [-0.4, -0.2) is 26.4 Å². The zero-order chi connectivity index (χ0) is 19.6. The molecule has 0 spiro atoms. The maximum atomic E-state index is 12.7. The number of hydrogen-bond acceptors (Lipinski definition) is 6. The first-order valence-corrected chi connectivity index (χ1v) is 11.5. The molecule has 156 valence electrons. The number of unbranched alkanes of at least 4 members (excludes halogenated alkanes) is 7. The molecule has 1 rings (SSSR count). The summed E-state index contributed by atoms with van der Waals surface area (Å²) in [4.78, 5) is 5.11. The molecule has 0 fully saturated rings. The van der Waals surface area contributed by atoms with E-state index in [9.17, 15) is 4.57 Å². The largest absolute Gasteiger partial charge is 0.511 e. The Kier molecular flexibility index (Phi) is 14.4. The lowest BCUT2D eigenvalue weighted by Gasteiger charge is -2.17. The highest BCUT2D eigenvalue weighted by molar-refractivity contribution is 7.48. The fourth-order valence-corrected chi connectivity index (χ4v) is 3.40. The van der Waals surface area contributed by atoms with Gasteiger partial charge in [0.1, 0.15) is 0 Å². The van der Waals surface area contributed by atoms with Gasteiger partial charge in [0, 0.05) is 6.61 Å². The minimum Gasteiger partial charge on any atom is -0.379 e. The number of phosphoric acid groups is 1. The summed E-state index contributed by atoms with van der Waals surface area (Å²) in [6.07, 6.45) is 9.38. The van der Waals surface area contributed by atoms with Crippen LogP contribution in [0.15, 0.2) is 30.3 Å². The van der Waals surface area contributed by atoms with Crippen LogP contribution < -0.4 is 4.89 Å². The lowest BCUT2D eigenvalue weighted by atomic mass is 10.1. The van der Waals surface area contributed by atoms with Crippen LogP contribution in [-0.2, 0) is 23.0 Å². The Morgan fingerprint density at radius 2 is 1.41 bits per heavy atom. The Morgan fingerprint density at radius 1 is 0.778 bits per heavy atom. The molecule has 0 saturated carbocycles. The SMILES string of the molecule is CCCCCCCCCCOP(=O)(OCCOCC)OOc1ccccc1. The van der Waals surface area contributed by atoms with Gasteiger partial charge < -0.3 is 9.62 Å². The van der Waals surface area contributed by atoms with Gasteiger partial charge in [-0.25, -0.2) is 4.57 Å². The van der Waals surface area contributed by atoms with Gasteiger partial charge >= 0.3 is 7.82 Å². The van der Waals surface area contributed by atoms with Gasteiger partial charge in [0.25, 0.3) is 0 Å². The summed E-state index contributed by atoms with van der Waals surface area (Å²) >= 11 is 0. The smallest absolute Gasteiger partial charge is 0.379 e. The van der Waals surface area contributed by atoms with Crippen molar-refractivity contribution in [3.05, 3.63) is 30.3 Å². The third-order valence-electron chi connectivity index (χ3n) is 3.90. The molecule has 6 nitrogen and oxygen atoms in total. The Balaban J connectivity index is 2.29. The highest BCUT2D eigenvalue weighted by atomic mass is 31.2. The molecule has 1 unspecified atom stereocenters. The first-order chi connectivity index (χ1) is 13.2. The van der Waals surface area contributed by atoms with E-state index in [2.05, 4.69) is 6.92 Å². The van der Waals surface area contributed by atoms with Gasteiger partial charge in [-0.05, 0) is 25.5 Å². The molecule has 27 heavy (non-hydrogen) atoms. The molecular weight excluding hydrogens is 367 g/mol. The van der Waals surface area contributed by atoms with Crippen molar-refractivity contribution < 1.29 is 27.9 Å². The number of benzene rings is 1. The van der Waals surface area contributed by atoms with E-state index in [1.165, 1.54) is 32.1 Å².